The molecule has 33 heavy (non-hydrogen) atoms. The molecule has 2 aliphatic carbocycles. The minimum absolute atomic E-state index is 0.0359. The zero-order chi connectivity index (χ0) is 23.2. The fourth-order valence-electron chi connectivity index (χ4n) is 6.80. The maximum atomic E-state index is 13.4. The maximum absolute atomic E-state index is 13.4. The molecule has 3 heterocycles. The van der Waals surface area contributed by atoms with Crippen molar-refractivity contribution in [3.05, 3.63) is 44.4 Å². The lowest BCUT2D eigenvalue weighted by molar-refractivity contribution is -0.154. The molecule has 0 unspecified atom stereocenters. The first-order chi connectivity index (χ1) is 15.8. The van der Waals surface area contributed by atoms with Crippen LogP contribution in [-0.2, 0) is 14.4 Å². The van der Waals surface area contributed by atoms with Gasteiger partial charge in [-0.25, -0.2) is 4.79 Å². The Morgan fingerprint density at radius 1 is 1.18 bits per heavy atom. The number of nitrogens with zero attached hydrogens (tertiary/aromatic N) is 1. The minimum atomic E-state index is -1.18. The average Bonchev–Trinajstić information content (AvgIpc) is 3.52. The zero-order valence-electron chi connectivity index (χ0n) is 17.9. The highest BCUT2D eigenvalue weighted by atomic mass is 32.2. The van der Waals surface area contributed by atoms with E-state index in [1.807, 2.05) is 24.3 Å². The number of thioether (sulfide) groups is 1. The standard InChI is InChI=1S/C23H22N2O6S2/c1-8(22(28)29)25-20(26)15-10-7-11(16(15)21(25)27)17-14(10)13(9-5-3-4-6-12(9)31-2)18-19(32-17)24-23(30)33-18/h3-6,8,10-11,13-17H,7H2,1-2H3,(H,24,30)(H,28,29)/t8-,10+,11+,13-,14+,15-,16-,17-/m0/s1. The van der Waals surface area contributed by atoms with Crippen molar-refractivity contribution in [1.29, 1.82) is 0 Å². The quantitative estimate of drug-likeness (QED) is 0.638. The predicted octanol–water partition coefficient (Wildman–Crippen LogP) is 2.39. The monoisotopic (exact) mass is 486 g/mol. The summed E-state index contributed by atoms with van der Waals surface area (Å²) in [5.74, 6) is -2.32. The number of carbonyl (C=O) groups excluding carboxylic acids is 2. The minimum Gasteiger partial charge on any atom is -0.496 e. The third kappa shape index (κ3) is 2.70. The van der Waals surface area contributed by atoms with Gasteiger partial charge in [0, 0.05) is 21.6 Å². The van der Waals surface area contributed by atoms with Crippen molar-refractivity contribution in [2.75, 3.05) is 7.11 Å². The van der Waals surface area contributed by atoms with Gasteiger partial charge in [0.05, 0.1) is 24.0 Å². The number of aromatic amines is 1. The van der Waals surface area contributed by atoms with Crippen LogP contribution in [0.5, 0.6) is 5.75 Å². The third-order valence-electron chi connectivity index (χ3n) is 7.98. The van der Waals surface area contributed by atoms with Gasteiger partial charge in [0.25, 0.3) is 0 Å². The number of carboxylic acid groups (broad SMARTS) is 1. The molecule has 1 saturated heterocycles. The number of aromatic nitrogens is 1. The number of likely N-dealkylation sites (tertiary alicyclic amines) is 1. The number of carboxylic acids is 1. The van der Waals surface area contributed by atoms with Gasteiger partial charge in [0.2, 0.25) is 11.8 Å². The van der Waals surface area contributed by atoms with Crippen molar-refractivity contribution in [3.63, 3.8) is 0 Å². The van der Waals surface area contributed by atoms with E-state index in [-0.39, 0.29) is 45.6 Å². The van der Waals surface area contributed by atoms with Gasteiger partial charge in [-0.15, -0.1) is 11.8 Å². The Morgan fingerprint density at radius 2 is 1.88 bits per heavy atom. The number of nitrogens with one attached hydrogen (secondary N) is 1. The van der Waals surface area contributed by atoms with Crippen LogP contribution in [0.2, 0.25) is 0 Å². The number of carbonyl (C=O) groups is 3. The summed E-state index contributed by atoms with van der Waals surface area (Å²) in [6.07, 6.45) is 0.759. The molecule has 8 nitrogen and oxygen atoms in total. The number of para-hydroxylation sites is 1. The van der Waals surface area contributed by atoms with E-state index in [0.717, 1.165) is 32.5 Å². The molecular weight excluding hydrogens is 464 g/mol. The number of ether oxygens (including phenoxy) is 1. The lowest BCUT2D eigenvalue weighted by Gasteiger charge is -2.43. The average molecular weight is 487 g/mol. The Balaban J connectivity index is 1.47. The summed E-state index contributed by atoms with van der Waals surface area (Å²) in [4.78, 5) is 55.3. The number of hydrogen-bond donors (Lipinski definition) is 2. The number of fused-ring (bicyclic) bond motifs is 9. The molecule has 8 atom stereocenters. The lowest BCUT2D eigenvalue weighted by atomic mass is 9.68. The topological polar surface area (TPSA) is 117 Å². The highest BCUT2D eigenvalue weighted by Crippen LogP contribution is 2.69. The van der Waals surface area contributed by atoms with E-state index in [0.29, 0.717) is 0 Å². The zero-order valence-corrected chi connectivity index (χ0v) is 19.5. The van der Waals surface area contributed by atoms with Crippen LogP contribution in [0.15, 0.2) is 34.1 Å². The summed E-state index contributed by atoms with van der Waals surface area (Å²) < 4.78 is 5.66. The molecule has 1 aromatic heterocycles. The second kappa shape index (κ2) is 7.20. The lowest BCUT2D eigenvalue weighted by Crippen LogP contribution is -2.44. The molecule has 1 aromatic carbocycles. The van der Waals surface area contributed by atoms with Crippen molar-refractivity contribution in [2.24, 2.45) is 29.6 Å². The van der Waals surface area contributed by atoms with Gasteiger partial charge < -0.3 is 14.8 Å². The van der Waals surface area contributed by atoms with Crippen LogP contribution in [0.25, 0.3) is 0 Å². The van der Waals surface area contributed by atoms with E-state index in [9.17, 15) is 24.3 Å². The number of amides is 2. The van der Waals surface area contributed by atoms with E-state index in [1.165, 1.54) is 18.3 Å². The van der Waals surface area contributed by atoms with Gasteiger partial charge in [-0.3, -0.25) is 19.3 Å². The molecule has 2 saturated carbocycles. The van der Waals surface area contributed by atoms with E-state index < -0.39 is 23.8 Å². The van der Waals surface area contributed by atoms with Crippen LogP contribution in [0.3, 0.4) is 0 Å². The molecule has 172 valence electrons. The Kier molecular flexibility index (Phi) is 4.58. The first kappa shape index (κ1) is 21.0. The Bertz CT molecular complexity index is 1250. The largest absolute Gasteiger partial charge is 0.496 e. The number of rotatable bonds is 4. The number of thiazole rings is 1. The fourth-order valence-corrected chi connectivity index (χ4v) is 9.68. The Morgan fingerprint density at radius 3 is 2.58 bits per heavy atom. The molecule has 3 fully saturated rings. The van der Waals surface area contributed by atoms with E-state index in [2.05, 4.69) is 4.98 Å². The molecule has 4 aliphatic rings. The second-order valence-corrected chi connectivity index (χ2v) is 11.5. The molecule has 6 rings (SSSR count). The third-order valence-corrected chi connectivity index (χ3v) is 10.6. The number of aliphatic carboxylic acids is 1. The van der Waals surface area contributed by atoms with Gasteiger partial charge >= 0.3 is 10.8 Å². The van der Waals surface area contributed by atoms with Crippen molar-refractivity contribution in [2.45, 2.75) is 35.6 Å². The maximum Gasteiger partial charge on any atom is 0.326 e. The summed E-state index contributed by atoms with van der Waals surface area (Å²) in [5.41, 5.74) is 0.975. The predicted molar refractivity (Wildman–Crippen MR) is 120 cm³/mol. The molecule has 0 spiro atoms. The highest BCUT2D eigenvalue weighted by Gasteiger charge is 2.70. The Labute approximate surface area is 197 Å². The van der Waals surface area contributed by atoms with Gasteiger partial charge in [-0.1, -0.05) is 29.5 Å². The van der Waals surface area contributed by atoms with Gasteiger partial charge in [0.15, 0.2) is 0 Å². The van der Waals surface area contributed by atoms with Crippen molar-refractivity contribution in [3.8, 4) is 5.75 Å². The first-order valence-electron chi connectivity index (χ1n) is 11.0. The molecule has 2 N–H and O–H groups in total. The number of hydrogen-bond acceptors (Lipinski definition) is 7. The number of H-pyrrole nitrogens is 1. The van der Waals surface area contributed by atoms with Crippen molar-refractivity contribution < 1.29 is 24.2 Å². The summed E-state index contributed by atoms with van der Waals surface area (Å²) in [7, 11) is 1.62. The number of benzene rings is 1. The van der Waals surface area contributed by atoms with Gasteiger partial charge in [-0.05, 0) is 37.2 Å². The van der Waals surface area contributed by atoms with E-state index >= 15 is 0 Å². The fraction of sp³-hybridized carbons (Fsp3) is 0.478. The Hall–Kier alpha value is -2.59. The smallest absolute Gasteiger partial charge is 0.326 e. The number of imide groups is 1. The summed E-state index contributed by atoms with van der Waals surface area (Å²) in [5, 5.41) is 10.4. The van der Waals surface area contributed by atoms with Crippen LogP contribution in [0.4, 0.5) is 0 Å². The second-order valence-electron chi connectivity index (χ2n) is 9.26. The van der Waals surface area contributed by atoms with Crippen LogP contribution in [0.1, 0.15) is 29.7 Å². The molecule has 10 heteroatoms. The van der Waals surface area contributed by atoms with Crippen LogP contribution in [-0.4, -0.2) is 51.2 Å². The SMILES string of the molecule is COc1ccccc1[C@@H]1c2sc(=O)[nH]c2S[C@H]2[C@@H]3C[C@@H]([C@@H]4C(=O)N([C@@H](C)C(=O)O)C(=O)[C@@H]34)[C@H]12. The molecule has 2 bridgehead atoms. The molecular formula is C23H22N2O6S2. The van der Waals surface area contributed by atoms with E-state index in [1.54, 1.807) is 18.9 Å². The summed E-state index contributed by atoms with van der Waals surface area (Å²) >= 11 is 2.80. The van der Waals surface area contributed by atoms with Crippen LogP contribution >= 0.6 is 23.1 Å². The normalized spacial score (nSPS) is 34.7. The van der Waals surface area contributed by atoms with Crippen molar-refractivity contribution in [1.82, 2.24) is 9.88 Å². The molecule has 2 amide bonds. The molecule has 2 aliphatic heterocycles. The number of methoxy groups -OCH3 is 1. The van der Waals surface area contributed by atoms with Crippen molar-refractivity contribution >= 4 is 40.9 Å². The van der Waals surface area contributed by atoms with E-state index in [4.69, 9.17) is 4.74 Å². The highest BCUT2D eigenvalue weighted by molar-refractivity contribution is 8.00. The van der Waals surface area contributed by atoms with Gasteiger partial charge in [0.1, 0.15) is 11.8 Å². The molecule has 0 radical (unpaired) electrons. The summed E-state index contributed by atoms with van der Waals surface area (Å²) in [6, 6.07) is 6.58. The van der Waals surface area contributed by atoms with Gasteiger partial charge in [-0.2, -0.15) is 0 Å². The van der Waals surface area contributed by atoms with Crippen LogP contribution < -0.4 is 9.61 Å². The molecule has 2 aromatic rings. The summed E-state index contributed by atoms with van der Waals surface area (Å²) in [6.45, 7) is 1.39. The van der Waals surface area contributed by atoms with Crippen LogP contribution in [0, 0.1) is 29.6 Å². The first-order valence-corrected chi connectivity index (χ1v) is 12.7.